The third kappa shape index (κ3) is 1.60. The van der Waals surface area contributed by atoms with Gasteiger partial charge in [0.25, 0.3) is 0 Å². The van der Waals surface area contributed by atoms with Crippen molar-refractivity contribution in [2.45, 2.75) is 13.3 Å². The topological polar surface area (TPSA) is 59.4 Å². The number of fused-ring (bicyclic) bond motifs is 1. The predicted octanol–water partition coefficient (Wildman–Crippen LogP) is 1.92. The number of nitrogens with zero attached hydrogens (tertiary/aromatic N) is 4. The van der Waals surface area contributed by atoms with E-state index < -0.39 is 0 Å². The average molecular weight is 227 g/mol. The zero-order chi connectivity index (χ0) is 11.8. The van der Waals surface area contributed by atoms with Crippen LogP contribution in [0.2, 0.25) is 0 Å². The summed E-state index contributed by atoms with van der Waals surface area (Å²) in [6, 6.07) is 6.28. The number of benzene rings is 1. The summed E-state index contributed by atoms with van der Waals surface area (Å²) in [6.45, 7) is 2.14. The second kappa shape index (κ2) is 3.69. The van der Waals surface area contributed by atoms with Crippen molar-refractivity contribution < 1.29 is 0 Å². The van der Waals surface area contributed by atoms with Gasteiger partial charge in [-0.05, 0) is 24.1 Å². The van der Waals surface area contributed by atoms with Crippen LogP contribution in [0.1, 0.15) is 12.5 Å². The minimum absolute atomic E-state index is 0.806. The van der Waals surface area contributed by atoms with Crippen LogP contribution in [-0.2, 0) is 13.5 Å². The van der Waals surface area contributed by atoms with E-state index in [0.717, 1.165) is 29.0 Å². The Labute approximate surface area is 98.5 Å². The van der Waals surface area contributed by atoms with E-state index in [2.05, 4.69) is 39.3 Å². The summed E-state index contributed by atoms with van der Waals surface area (Å²) in [6.07, 6.45) is 2.73. The van der Waals surface area contributed by atoms with E-state index in [1.807, 2.05) is 13.1 Å². The molecule has 0 radical (unpaired) electrons. The molecule has 0 aliphatic rings. The second-order valence-electron chi connectivity index (χ2n) is 4.03. The van der Waals surface area contributed by atoms with Crippen LogP contribution < -0.4 is 0 Å². The summed E-state index contributed by atoms with van der Waals surface area (Å²) in [5, 5.41) is 7.76. The Bertz CT molecular complexity index is 664. The van der Waals surface area contributed by atoms with Gasteiger partial charge < -0.3 is 4.98 Å². The summed E-state index contributed by atoms with van der Waals surface area (Å²) in [5.41, 5.74) is 4.22. The summed E-state index contributed by atoms with van der Waals surface area (Å²) >= 11 is 0. The van der Waals surface area contributed by atoms with Gasteiger partial charge in [0.15, 0.2) is 5.82 Å². The van der Waals surface area contributed by atoms with E-state index in [0.29, 0.717) is 0 Å². The molecule has 2 aromatic heterocycles. The molecule has 0 aliphatic carbocycles. The van der Waals surface area contributed by atoms with Crippen LogP contribution in [0.15, 0.2) is 24.4 Å². The molecule has 3 aromatic rings. The third-order valence-electron chi connectivity index (χ3n) is 2.91. The van der Waals surface area contributed by atoms with E-state index in [1.165, 1.54) is 5.56 Å². The van der Waals surface area contributed by atoms with E-state index in [1.54, 1.807) is 10.9 Å². The van der Waals surface area contributed by atoms with E-state index in [4.69, 9.17) is 0 Å². The Kier molecular flexibility index (Phi) is 2.18. The molecule has 0 spiro atoms. The molecule has 0 aliphatic heterocycles. The minimum atomic E-state index is 0.806. The molecule has 5 nitrogen and oxygen atoms in total. The SMILES string of the molecule is CCc1ccc2nc(-c3cnnn3C)[nH]c2c1. The fourth-order valence-electron chi connectivity index (χ4n) is 1.90. The maximum absolute atomic E-state index is 4.54. The Morgan fingerprint density at radius 3 is 2.94 bits per heavy atom. The molecular weight excluding hydrogens is 214 g/mol. The van der Waals surface area contributed by atoms with Crippen molar-refractivity contribution in [1.82, 2.24) is 25.0 Å². The Hall–Kier alpha value is -2.17. The highest BCUT2D eigenvalue weighted by Crippen LogP contribution is 2.20. The van der Waals surface area contributed by atoms with Gasteiger partial charge in [0.05, 0.1) is 17.2 Å². The quantitative estimate of drug-likeness (QED) is 0.727. The number of hydrogen-bond acceptors (Lipinski definition) is 3. The lowest BCUT2D eigenvalue weighted by atomic mass is 10.1. The van der Waals surface area contributed by atoms with Crippen LogP contribution in [-0.4, -0.2) is 25.0 Å². The maximum Gasteiger partial charge on any atom is 0.158 e. The molecule has 0 bridgehead atoms. The first-order valence-corrected chi connectivity index (χ1v) is 5.61. The van der Waals surface area contributed by atoms with Crippen molar-refractivity contribution in [3.05, 3.63) is 30.0 Å². The molecule has 0 fully saturated rings. The summed E-state index contributed by atoms with van der Waals surface area (Å²) in [5.74, 6) is 0.806. The fourth-order valence-corrected chi connectivity index (χ4v) is 1.90. The zero-order valence-electron chi connectivity index (χ0n) is 9.81. The molecule has 17 heavy (non-hydrogen) atoms. The van der Waals surface area contributed by atoms with Crippen molar-refractivity contribution in [2.24, 2.45) is 7.05 Å². The monoisotopic (exact) mass is 227 g/mol. The molecule has 0 saturated heterocycles. The normalized spacial score (nSPS) is 11.2. The van der Waals surface area contributed by atoms with Gasteiger partial charge in [0, 0.05) is 7.05 Å². The summed E-state index contributed by atoms with van der Waals surface area (Å²) in [7, 11) is 1.85. The molecule has 2 heterocycles. The number of rotatable bonds is 2. The molecule has 0 saturated carbocycles. The van der Waals surface area contributed by atoms with Crippen LogP contribution >= 0.6 is 0 Å². The fraction of sp³-hybridized carbons (Fsp3) is 0.250. The van der Waals surface area contributed by atoms with E-state index >= 15 is 0 Å². The number of hydrogen-bond donors (Lipinski definition) is 1. The molecule has 0 atom stereocenters. The first-order valence-electron chi connectivity index (χ1n) is 5.61. The highest BCUT2D eigenvalue weighted by molar-refractivity contribution is 5.79. The highest BCUT2D eigenvalue weighted by Gasteiger charge is 2.09. The van der Waals surface area contributed by atoms with Crippen LogP contribution in [0.25, 0.3) is 22.6 Å². The third-order valence-corrected chi connectivity index (χ3v) is 2.91. The standard InChI is InChI=1S/C12H13N5/c1-3-8-4-5-9-10(6-8)15-12(14-9)11-7-13-16-17(11)2/h4-7H,3H2,1-2H3,(H,14,15). The highest BCUT2D eigenvalue weighted by atomic mass is 15.4. The van der Waals surface area contributed by atoms with Gasteiger partial charge in [-0.1, -0.05) is 18.2 Å². The van der Waals surface area contributed by atoms with Crippen molar-refractivity contribution >= 4 is 11.0 Å². The lowest BCUT2D eigenvalue weighted by molar-refractivity contribution is 0.718. The average Bonchev–Trinajstić information content (AvgIpc) is 2.93. The number of nitrogens with one attached hydrogen (secondary N) is 1. The number of H-pyrrole nitrogens is 1. The van der Waals surface area contributed by atoms with Gasteiger partial charge in [0.1, 0.15) is 5.69 Å². The van der Waals surface area contributed by atoms with Gasteiger partial charge in [-0.2, -0.15) is 0 Å². The lowest BCUT2D eigenvalue weighted by Crippen LogP contribution is -1.94. The second-order valence-corrected chi connectivity index (χ2v) is 4.03. The molecule has 0 unspecified atom stereocenters. The van der Waals surface area contributed by atoms with Crippen LogP contribution in [0.4, 0.5) is 0 Å². The van der Waals surface area contributed by atoms with Crippen molar-refractivity contribution in [3.63, 3.8) is 0 Å². The number of aromatic nitrogens is 5. The van der Waals surface area contributed by atoms with Gasteiger partial charge in [-0.15, -0.1) is 5.10 Å². The Morgan fingerprint density at radius 2 is 2.24 bits per heavy atom. The first-order chi connectivity index (χ1) is 8.28. The summed E-state index contributed by atoms with van der Waals surface area (Å²) in [4.78, 5) is 7.84. The summed E-state index contributed by atoms with van der Waals surface area (Å²) < 4.78 is 1.71. The first kappa shape index (κ1) is 10.0. The van der Waals surface area contributed by atoms with Crippen molar-refractivity contribution in [1.29, 1.82) is 0 Å². The predicted molar refractivity (Wildman–Crippen MR) is 65.5 cm³/mol. The lowest BCUT2D eigenvalue weighted by Gasteiger charge is -1.94. The van der Waals surface area contributed by atoms with Gasteiger partial charge >= 0.3 is 0 Å². The molecule has 1 N–H and O–H groups in total. The van der Waals surface area contributed by atoms with Gasteiger partial charge in [-0.25, -0.2) is 9.67 Å². The molecule has 3 rings (SSSR count). The van der Waals surface area contributed by atoms with E-state index in [9.17, 15) is 0 Å². The largest absolute Gasteiger partial charge is 0.337 e. The van der Waals surface area contributed by atoms with Crippen LogP contribution in [0, 0.1) is 0 Å². The number of imidazole rings is 1. The molecule has 1 aromatic carbocycles. The van der Waals surface area contributed by atoms with Crippen LogP contribution in [0.3, 0.4) is 0 Å². The van der Waals surface area contributed by atoms with Gasteiger partial charge in [-0.3, -0.25) is 0 Å². The van der Waals surface area contributed by atoms with E-state index in [-0.39, 0.29) is 0 Å². The van der Waals surface area contributed by atoms with Gasteiger partial charge in [0.2, 0.25) is 0 Å². The molecule has 0 amide bonds. The minimum Gasteiger partial charge on any atom is -0.337 e. The Morgan fingerprint density at radius 1 is 1.35 bits per heavy atom. The maximum atomic E-state index is 4.54. The molecule has 5 heteroatoms. The zero-order valence-corrected chi connectivity index (χ0v) is 9.81. The van der Waals surface area contributed by atoms with Crippen molar-refractivity contribution in [3.8, 4) is 11.5 Å². The molecule has 86 valence electrons. The number of aromatic amines is 1. The van der Waals surface area contributed by atoms with Crippen LogP contribution in [0.5, 0.6) is 0 Å². The smallest absolute Gasteiger partial charge is 0.158 e. The molecular formula is C12H13N5. The number of aryl methyl sites for hydroxylation is 2. The Balaban J connectivity index is 2.17. The van der Waals surface area contributed by atoms with Crippen molar-refractivity contribution in [2.75, 3.05) is 0 Å².